The van der Waals surface area contributed by atoms with Gasteiger partial charge in [0.2, 0.25) is 0 Å². The van der Waals surface area contributed by atoms with Crippen LogP contribution in [0.4, 0.5) is 0 Å². The zero-order valence-corrected chi connectivity index (χ0v) is 30.5. The smallest absolute Gasteiger partial charge is 0.154 e. The van der Waals surface area contributed by atoms with Crippen molar-refractivity contribution in [2.24, 2.45) is 0 Å². The standard InChI is InChI=1S/C47H37B3N2O2/c48-46(53,47(49,50)54)45-51-41-26-10-11-27-42(41)52(45)34-19-13-17-32(29-34)31-16-12-18-33(28-31)43-37-22-6-8-24-39(37)44(40-25-9-7-23-38(40)43)36-21-5-4-20-35(36)30-14-2-1-3-15-30/h1-29,53-54H,48-50H2. The van der Waals surface area contributed by atoms with Crippen LogP contribution in [0.3, 0.4) is 0 Å². The van der Waals surface area contributed by atoms with Gasteiger partial charge < -0.3 is 10.2 Å². The fourth-order valence-electron chi connectivity index (χ4n) is 7.87. The summed E-state index contributed by atoms with van der Waals surface area (Å²) in [6.07, 6.45) is 0. The lowest BCUT2D eigenvalue weighted by molar-refractivity contribution is -0.00426. The van der Waals surface area contributed by atoms with Crippen molar-refractivity contribution >= 4 is 56.1 Å². The summed E-state index contributed by atoms with van der Waals surface area (Å²) in [7, 11) is 4.85. The molecule has 1 aromatic heterocycles. The van der Waals surface area contributed by atoms with E-state index in [2.05, 4.69) is 140 Å². The molecular weight excluding hydrogens is 657 g/mol. The van der Waals surface area contributed by atoms with E-state index in [4.69, 9.17) is 4.98 Å². The Hall–Kier alpha value is -6.14. The average Bonchev–Trinajstić information content (AvgIpc) is 3.61. The summed E-state index contributed by atoms with van der Waals surface area (Å²) >= 11 is 0. The van der Waals surface area contributed by atoms with Crippen LogP contribution in [-0.4, -0.2) is 48.7 Å². The molecule has 7 heteroatoms. The van der Waals surface area contributed by atoms with Crippen LogP contribution in [-0.2, 0) is 5.50 Å². The van der Waals surface area contributed by atoms with Crippen molar-refractivity contribution in [2.75, 3.05) is 0 Å². The predicted molar refractivity (Wildman–Crippen MR) is 232 cm³/mol. The summed E-state index contributed by atoms with van der Waals surface area (Å²) in [5.41, 5.74) is 10.1. The second kappa shape index (κ2) is 13.1. The van der Waals surface area contributed by atoms with Crippen molar-refractivity contribution in [3.8, 4) is 50.2 Å². The van der Waals surface area contributed by atoms with E-state index in [9.17, 15) is 10.2 Å². The number of imidazole rings is 1. The highest BCUT2D eigenvalue weighted by Crippen LogP contribution is 2.46. The van der Waals surface area contributed by atoms with E-state index in [0.29, 0.717) is 5.82 Å². The van der Waals surface area contributed by atoms with Crippen LogP contribution in [0.25, 0.3) is 82.8 Å². The zero-order valence-electron chi connectivity index (χ0n) is 30.5. The van der Waals surface area contributed by atoms with Gasteiger partial charge in [0.1, 0.15) is 27.0 Å². The Labute approximate surface area is 317 Å². The highest BCUT2D eigenvalue weighted by atomic mass is 16.3. The highest BCUT2D eigenvalue weighted by molar-refractivity contribution is 6.43. The van der Waals surface area contributed by atoms with E-state index in [1.165, 1.54) is 49.4 Å². The minimum Gasteiger partial charge on any atom is -0.405 e. The molecule has 0 radical (unpaired) electrons. The van der Waals surface area contributed by atoms with Gasteiger partial charge in [-0.2, -0.15) is 0 Å². The van der Waals surface area contributed by atoms with Gasteiger partial charge >= 0.3 is 0 Å². The van der Waals surface area contributed by atoms with E-state index in [1.54, 1.807) is 23.5 Å². The normalized spacial score (nSPS) is 13.0. The van der Waals surface area contributed by atoms with Crippen LogP contribution in [0.2, 0.25) is 0 Å². The molecule has 0 saturated carbocycles. The van der Waals surface area contributed by atoms with Gasteiger partial charge in [0, 0.05) is 11.1 Å². The van der Waals surface area contributed by atoms with Crippen molar-refractivity contribution in [1.82, 2.24) is 9.55 Å². The number of hydrogen-bond acceptors (Lipinski definition) is 3. The molecule has 9 rings (SSSR count). The van der Waals surface area contributed by atoms with E-state index >= 15 is 0 Å². The molecule has 2 N–H and O–H groups in total. The molecule has 256 valence electrons. The molecule has 0 fully saturated rings. The third-order valence-corrected chi connectivity index (χ3v) is 11.0. The maximum absolute atomic E-state index is 11.7. The fraction of sp³-hybridized carbons (Fsp3) is 0.0426. The van der Waals surface area contributed by atoms with Crippen LogP contribution in [0.5, 0.6) is 0 Å². The van der Waals surface area contributed by atoms with E-state index < -0.39 is 10.9 Å². The molecule has 4 nitrogen and oxygen atoms in total. The first-order valence-corrected chi connectivity index (χ1v) is 18.4. The lowest BCUT2D eigenvalue weighted by atomic mass is 9.49. The summed E-state index contributed by atoms with van der Waals surface area (Å²) in [5.74, 6) is 0.383. The highest BCUT2D eigenvalue weighted by Gasteiger charge is 2.43. The van der Waals surface area contributed by atoms with Crippen LogP contribution in [0, 0.1) is 0 Å². The topological polar surface area (TPSA) is 58.3 Å². The molecule has 1 unspecified atom stereocenters. The number of rotatable bonds is 7. The summed E-state index contributed by atoms with van der Waals surface area (Å²) in [6.45, 7) is 0. The Bertz CT molecular complexity index is 2800. The minimum absolute atomic E-state index is 0.383. The maximum Gasteiger partial charge on any atom is 0.154 e. The lowest BCUT2D eigenvalue weighted by Gasteiger charge is -2.36. The second-order valence-corrected chi connectivity index (χ2v) is 14.8. The summed E-state index contributed by atoms with van der Waals surface area (Å²) in [6, 6.07) is 61.9. The third kappa shape index (κ3) is 5.56. The molecule has 1 atom stereocenters. The minimum atomic E-state index is -1.63. The summed E-state index contributed by atoms with van der Waals surface area (Å²) in [4.78, 5) is 4.85. The number of aliphatic hydroxyl groups is 2. The Kier molecular flexibility index (Phi) is 8.15. The fourth-order valence-corrected chi connectivity index (χ4v) is 7.87. The van der Waals surface area contributed by atoms with E-state index in [-0.39, 0.29) is 0 Å². The number of nitrogens with zero attached hydrogens (tertiary/aromatic N) is 2. The van der Waals surface area contributed by atoms with Crippen molar-refractivity contribution in [1.29, 1.82) is 0 Å². The summed E-state index contributed by atoms with van der Waals surface area (Å²) < 4.78 is 1.97. The molecule has 54 heavy (non-hydrogen) atoms. The van der Waals surface area contributed by atoms with Crippen molar-refractivity contribution in [2.45, 2.75) is 10.9 Å². The third-order valence-electron chi connectivity index (χ3n) is 11.0. The molecule has 8 aromatic carbocycles. The number of aromatic nitrogens is 2. The van der Waals surface area contributed by atoms with Crippen molar-refractivity contribution in [3.63, 3.8) is 0 Å². The molecule has 1 heterocycles. The van der Waals surface area contributed by atoms with Gasteiger partial charge in [0.15, 0.2) is 7.85 Å². The van der Waals surface area contributed by atoms with Crippen molar-refractivity contribution < 1.29 is 10.2 Å². The summed E-state index contributed by atoms with van der Waals surface area (Å²) in [5, 5.41) is 26.2. The molecule has 0 saturated heterocycles. The van der Waals surface area contributed by atoms with Gasteiger partial charge in [-0.25, -0.2) is 4.98 Å². The Morgan fingerprint density at radius 3 is 1.61 bits per heavy atom. The van der Waals surface area contributed by atoms with Gasteiger partial charge in [-0.3, -0.25) is 4.57 Å². The Morgan fingerprint density at radius 1 is 0.444 bits per heavy atom. The molecular formula is C47H37B3N2O2. The lowest BCUT2D eigenvalue weighted by Crippen LogP contribution is -2.54. The molecule has 0 bridgehead atoms. The van der Waals surface area contributed by atoms with Gasteiger partial charge in [-0.05, 0) is 96.4 Å². The molecule has 0 spiro atoms. The van der Waals surface area contributed by atoms with E-state index in [1.807, 2.05) is 41.0 Å². The van der Waals surface area contributed by atoms with E-state index in [0.717, 1.165) is 33.4 Å². The first-order chi connectivity index (χ1) is 26.2. The second-order valence-electron chi connectivity index (χ2n) is 14.8. The van der Waals surface area contributed by atoms with Gasteiger partial charge in [-0.1, -0.05) is 146 Å². The number of hydrogen-bond donors (Lipinski definition) is 2. The van der Waals surface area contributed by atoms with Crippen LogP contribution >= 0.6 is 0 Å². The molecule has 0 aliphatic rings. The number of benzene rings is 8. The Balaban J connectivity index is 1.23. The largest absolute Gasteiger partial charge is 0.405 e. The molecule has 0 aliphatic heterocycles. The van der Waals surface area contributed by atoms with Crippen LogP contribution < -0.4 is 0 Å². The van der Waals surface area contributed by atoms with Gasteiger partial charge in [0.25, 0.3) is 0 Å². The first-order valence-electron chi connectivity index (χ1n) is 18.4. The van der Waals surface area contributed by atoms with Crippen molar-refractivity contribution in [3.05, 3.63) is 182 Å². The zero-order chi connectivity index (χ0) is 37.0. The van der Waals surface area contributed by atoms with Gasteiger partial charge in [0.05, 0.1) is 11.0 Å². The molecule has 0 aliphatic carbocycles. The maximum atomic E-state index is 11.7. The quantitative estimate of drug-likeness (QED) is 0.133. The number of fused-ring (bicyclic) bond motifs is 3. The SMILES string of the molecule is BC(B)(O)C(B)(O)c1nc2ccccc2n1-c1cccc(-c2cccc(-c3c4ccccc4c(-c4ccccc4-c4ccccc4)c4ccccc34)c2)c1. The first kappa shape index (κ1) is 33.7. The Morgan fingerprint density at radius 2 is 0.944 bits per heavy atom. The average molecular weight is 694 g/mol. The molecule has 0 amide bonds. The van der Waals surface area contributed by atoms with Gasteiger partial charge in [-0.15, -0.1) is 0 Å². The van der Waals surface area contributed by atoms with Crippen LogP contribution in [0.1, 0.15) is 5.82 Å². The van der Waals surface area contributed by atoms with Crippen LogP contribution in [0.15, 0.2) is 176 Å². The molecule has 9 aromatic rings. The number of para-hydroxylation sites is 2. The predicted octanol–water partition coefficient (Wildman–Crippen LogP) is 7.69. The monoisotopic (exact) mass is 694 g/mol.